The van der Waals surface area contributed by atoms with E-state index in [4.69, 9.17) is 0 Å². The predicted octanol–water partition coefficient (Wildman–Crippen LogP) is 4.13. The van der Waals surface area contributed by atoms with Crippen molar-refractivity contribution < 1.29 is 4.79 Å². The topological polar surface area (TPSA) is 29.1 Å². The second-order valence-corrected chi connectivity index (χ2v) is 6.47. The summed E-state index contributed by atoms with van der Waals surface area (Å²) in [6.45, 7) is 10.3. The molecule has 98 valence electrons. The molecule has 0 heterocycles. The van der Waals surface area contributed by atoms with E-state index in [0.29, 0.717) is 0 Å². The van der Waals surface area contributed by atoms with Gasteiger partial charge in [0.15, 0.2) is 0 Å². The third-order valence-corrected chi connectivity index (χ3v) is 3.52. The Hall–Kier alpha value is -1.31. The molecule has 1 aromatic rings. The molecular formula is C16H23NO. The Morgan fingerprint density at radius 2 is 1.89 bits per heavy atom. The maximum Gasteiger partial charge on any atom is 0.221 e. The highest BCUT2D eigenvalue weighted by atomic mass is 16.1. The van der Waals surface area contributed by atoms with E-state index in [1.807, 2.05) is 0 Å². The van der Waals surface area contributed by atoms with Crippen molar-refractivity contribution in [2.45, 2.75) is 58.8 Å². The van der Waals surface area contributed by atoms with Crippen LogP contribution in [0.25, 0.3) is 0 Å². The molecule has 2 rings (SSSR count). The van der Waals surface area contributed by atoms with Crippen LogP contribution in [0, 0.1) is 6.92 Å². The van der Waals surface area contributed by atoms with E-state index in [1.54, 1.807) is 6.92 Å². The van der Waals surface area contributed by atoms with E-state index in [2.05, 4.69) is 45.1 Å². The number of anilines is 1. The Bertz CT molecular complexity index is 479. The van der Waals surface area contributed by atoms with Gasteiger partial charge in [-0.1, -0.05) is 32.9 Å². The monoisotopic (exact) mass is 245 g/mol. The first-order valence-corrected chi connectivity index (χ1v) is 6.71. The minimum atomic E-state index is 0.00257. The number of carbonyl (C=O) groups is 1. The normalized spacial score (nSPS) is 15.6. The highest BCUT2D eigenvalue weighted by molar-refractivity contribution is 5.91. The first-order valence-electron chi connectivity index (χ1n) is 6.71. The minimum Gasteiger partial charge on any atom is -0.326 e. The molecule has 1 aromatic carbocycles. The third-order valence-electron chi connectivity index (χ3n) is 3.52. The van der Waals surface area contributed by atoms with Gasteiger partial charge in [0, 0.05) is 12.6 Å². The van der Waals surface area contributed by atoms with Crippen LogP contribution in [-0.4, -0.2) is 5.91 Å². The van der Waals surface area contributed by atoms with Crippen LogP contribution in [0.2, 0.25) is 0 Å². The van der Waals surface area contributed by atoms with Crippen molar-refractivity contribution >= 4 is 11.6 Å². The summed E-state index contributed by atoms with van der Waals surface area (Å²) in [4.78, 5) is 11.4. The third kappa shape index (κ3) is 2.74. The fourth-order valence-corrected chi connectivity index (χ4v) is 2.40. The Morgan fingerprint density at radius 1 is 1.28 bits per heavy atom. The smallest absolute Gasteiger partial charge is 0.221 e. The summed E-state index contributed by atoms with van der Waals surface area (Å²) >= 11 is 0. The Labute approximate surface area is 110 Å². The number of hydrogen-bond donors (Lipinski definition) is 1. The van der Waals surface area contributed by atoms with Gasteiger partial charge in [-0.3, -0.25) is 4.79 Å². The van der Waals surface area contributed by atoms with Crippen LogP contribution in [0.4, 0.5) is 5.69 Å². The lowest BCUT2D eigenvalue weighted by Gasteiger charge is -2.25. The van der Waals surface area contributed by atoms with Gasteiger partial charge in [0.2, 0.25) is 5.91 Å². The SMILES string of the molecule is CC(=O)Nc1c(C)cc(C2CC2)cc1C(C)(C)C. The fraction of sp³-hybridized carbons (Fsp3) is 0.562. The molecule has 1 aliphatic carbocycles. The fourth-order valence-electron chi connectivity index (χ4n) is 2.40. The molecule has 0 bridgehead atoms. The molecule has 0 spiro atoms. The standard InChI is InChI=1S/C16H23NO/c1-10-8-13(12-6-7-12)9-14(16(3,4)5)15(10)17-11(2)18/h8-9,12H,6-7H2,1-5H3,(H,17,18). The van der Waals surface area contributed by atoms with Gasteiger partial charge in [-0.05, 0) is 47.8 Å². The summed E-state index contributed by atoms with van der Waals surface area (Å²) in [5.41, 5.74) is 4.91. The molecule has 1 aliphatic rings. The predicted molar refractivity (Wildman–Crippen MR) is 76.2 cm³/mol. The summed E-state index contributed by atoms with van der Waals surface area (Å²) in [5.74, 6) is 0.749. The summed E-state index contributed by atoms with van der Waals surface area (Å²) in [6, 6.07) is 4.52. The summed E-state index contributed by atoms with van der Waals surface area (Å²) in [5, 5.41) is 3.00. The number of carbonyl (C=O) groups excluding carboxylic acids is 1. The van der Waals surface area contributed by atoms with E-state index < -0.39 is 0 Å². The molecule has 0 aromatic heterocycles. The van der Waals surface area contributed by atoms with Gasteiger partial charge in [0.25, 0.3) is 0 Å². The van der Waals surface area contributed by atoms with Gasteiger partial charge < -0.3 is 5.32 Å². The number of hydrogen-bond acceptors (Lipinski definition) is 1. The minimum absolute atomic E-state index is 0.00257. The average Bonchev–Trinajstić information content (AvgIpc) is 3.01. The second-order valence-electron chi connectivity index (χ2n) is 6.47. The molecule has 2 nitrogen and oxygen atoms in total. The van der Waals surface area contributed by atoms with Crippen LogP contribution in [0.15, 0.2) is 12.1 Å². The molecular weight excluding hydrogens is 222 g/mol. The molecule has 0 atom stereocenters. The molecule has 0 aliphatic heterocycles. The molecule has 1 amide bonds. The van der Waals surface area contributed by atoms with Crippen LogP contribution >= 0.6 is 0 Å². The van der Waals surface area contributed by atoms with Gasteiger partial charge in [-0.25, -0.2) is 0 Å². The van der Waals surface area contributed by atoms with Crippen molar-refractivity contribution in [3.63, 3.8) is 0 Å². The lowest BCUT2D eigenvalue weighted by atomic mass is 9.83. The Balaban J connectivity index is 2.52. The van der Waals surface area contributed by atoms with Gasteiger partial charge in [0.1, 0.15) is 0 Å². The van der Waals surface area contributed by atoms with Crippen LogP contribution in [0.5, 0.6) is 0 Å². The zero-order valence-electron chi connectivity index (χ0n) is 12.1. The van der Waals surface area contributed by atoms with Gasteiger partial charge >= 0.3 is 0 Å². The molecule has 0 saturated heterocycles. The molecule has 1 fully saturated rings. The molecule has 0 unspecified atom stereocenters. The van der Waals surface area contributed by atoms with Gasteiger partial charge in [0.05, 0.1) is 0 Å². The number of nitrogens with one attached hydrogen (secondary N) is 1. The zero-order valence-corrected chi connectivity index (χ0v) is 12.1. The molecule has 18 heavy (non-hydrogen) atoms. The zero-order chi connectivity index (χ0) is 13.5. The van der Waals surface area contributed by atoms with E-state index in [0.717, 1.165) is 11.6 Å². The van der Waals surface area contributed by atoms with Crippen molar-refractivity contribution in [2.75, 3.05) is 5.32 Å². The van der Waals surface area contributed by atoms with Crippen molar-refractivity contribution in [1.82, 2.24) is 0 Å². The first kappa shape index (κ1) is 13.1. The average molecular weight is 245 g/mol. The van der Waals surface area contributed by atoms with Crippen molar-refractivity contribution in [3.8, 4) is 0 Å². The van der Waals surface area contributed by atoms with Crippen molar-refractivity contribution in [1.29, 1.82) is 0 Å². The van der Waals surface area contributed by atoms with Crippen LogP contribution in [0.3, 0.4) is 0 Å². The van der Waals surface area contributed by atoms with Crippen molar-refractivity contribution in [3.05, 3.63) is 28.8 Å². The first-order chi connectivity index (χ1) is 8.29. The second kappa shape index (κ2) is 4.42. The molecule has 0 radical (unpaired) electrons. The lowest BCUT2D eigenvalue weighted by molar-refractivity contribution is -0.114. The molecule has 1 N–H and O–H groups in total. The van der Waals surface area contributed by atoms with Crippen LogP contribution < -0.4 is 5.32 Å². The summed E-state index contributed by atoms with van der Waals surface area (Å²) in [7, 11) is 0. The lowest BCUT2D eigenvalue weighted by Crippen LogP contribution is -2.18. The quantitative estimate of drug-likeness (QED) is 0.834. The van der Waals surface area contributed by atoms with E-state index in [1.165, 1.54) is 29.5 Å². The Kier molecular flexibility index (Phi) is 3.22. The van der Waals surface area contributed by atoms with Crippen molar-refractivity contribution in [2.24, 2.45) is 0 Å². The largest absolute Gasteiger partial charge is 0.326 e. The van der Waals surface area contributed by atoms with Crippen LogP contribution in [-0.2, 0) is 10.2 Å². The maximum atomic E-state index is 11.4. The summed E-state index contributed by atoms with van der Waals surface area (Å²) in [6.07, 6.45) is 2.62. The maximum absolute atomic E-state index is 11.4. The highest BCUT2D eigenvalue weighted by Crippen LogP contribution is 2.43. The van der Waals surface area contributed by atoms with E-state index in [-0.39, 0.29) is 11.3 Å². The molecule has 2 heteroatoms. The van der Waals surface area contributed by atoms with E-state index >= 15 is 0 Å². The van der Waals surface area contributed by atoms with Gasteiger partial charge in [-0.2, -0.15) is 0 Å². The molecule has 1 saturated carbocycles. The Morgan fingerprint density at radius 3 is 2.33 bits per heavy atom. The number of amides is 1. The number of rotatable bonds is 2. The highest BCUT2D eigenvalue weighted by Gasteiger charge is 2.27. The summed E-state index contributed by atoms with van der Waals surface area (Å²) < 4.78 is 0. The van der Waals surface area contributed by atoms with Gasteiger partial charge in [-0.15, -0.1) is 0 Å². The number of aryl methyl sites for hydroxylation is 1. The van der Waals surface area contributed by atoms with E-state index in [9.17, 15) is 4.79 Å². The van der Waals surface area contributed by atoms with Crippen LogP contribution in [0.1, 0.15) is 63.1 Å². The number of benzene rings is 1.